The van der Waals surface area contributed by atoms with Crippen molar-refractivity contribution >= 4 is 50.8 Å². The van der Waals surface area contributed by atoms with Crippen LogP contribution in [0.2, 0.25) is 0 Å². The molecule has 8 rings (SSSR count). The standard InChI is InChI=1S/C41H52N6O9S/c1-3-28-22-41(28,39(50)45-57(52,53)32-14-15-32)44-36(48)34-21-31-24-47(34)38(49)35(25-9-6-7-10-25)43-40(51)46-17-16-30(23-46)55-18-8-4-5-11-27-19-26-12-13-29(54-2)20-33(26)42-37(27)56-31/h3,5,11-13,19-20,25,28,30-32,34-35H,1,4,6-10,14-18,21-24H2,2H3,(H,43,51)(H,44,48)(H,45,50)/b11-5+/t28-,30+,31+,34-,35-,41+/m0/s1. The summed E-state index contributed by atoms with van der Waals surface area (Å²) >= 11 is 0. The number of amides is 5. The van der Waals surface area contributed by atoms with Gasteiger partial charge in [0.05, 0.1) is 30.5 Å². The normalized spacial score (nSPS) is 30.3. The molecule has 0 spiro atoms. The predicted octanol–water partition coefficient (Wildman–Crippen LogP) is 3.43. The summed E-state index contributed by atoms with van der Waals surface area (Å²) in [7, 11) is -2.32. The van der Waals surface area contributed by atoms with Gasteiger partial charge in [0.1, 0.15) is 29.5 Å². The summed E-state index contributed by atoms with van der Waals surface area (Å²) in [5.74, 6) is -1.54. The van der Waals surface area contributed by atoms with E-state index in [1.807, 2.05) is 36.4 Å². The molecule has 4 heterocycles. The minimum atomic E-state index is -3.90. The van der Waals surface area contributed by atoms with Gasteiger partial charge in [-0.2, -0.15) is 0 Å². The number of nitrogens with zero attached hydrogens (tertiary/aromatic N) is 3. The van der Waals surface area contributed by atoms with Gasteiger partial charge in [0, 0.05) is 49.1 Å². The van der Waals surface area contributed by atoms with Gasteiger partial charge < -0.3 is 34.6 Å². The highest BCUT2D eigenvalue weighted by atomic mass is 32.2. The fourth-order valence-electron chi connectivity index (χ4n) is 8.82. The van der Waals surface area contributed by atoms with Crippen molar-refractivity contribution in [3.05, 3.63) is 48.6 Å². The van der Waals surface area contributed by atoms with Crippen LogP contribution < -0.4 is 24.8 Å². The molecule has 5 amide bonds. The monoisotopic (exact) mass is 804 g/mol. The average Bonchev–Trinajstić information content (AvgIpc) is 3.97. The lowest BCUT2D eigenvalue weighted by Gasteiger charge is -2.33. The molecule has 1 aromatic carbocycles. The first-order valence-corrected chi connectivity index (χ1v) is 21.8. The van der Waals surface area contributed by atoms with E-state index in [4.69, 9.17) is 19.2 Å². The van der Waals surface area contributed by atoms with E-state index in [1.165, 1.54) is 11.0 Å². The summed E-state index contributed by atoms with van der Waals surface area (Å²) < 4.78 is 46.1. The fourth-order valence-corrected chi connectivity index (χ4v) is 10.2. The molecule has 2 saturated heterocycles. The third kappa shape index (κ3) is 8.20. The van der Waals surface area contributed by atoms with Crippen LogP contribution in [0.1, 0.15) is 76.2 Å². The molecule has 3 saturated carbocycles. The first-order chi connectivity index (χ1) is 27.5. The summed E-state index contributed by atoms with van der Waals surface area (Å²) in [5, 5.41) is 6.17. The minimum absolute atomic E-state index is 0.0107. The maximum atomic E-state index is 14.9. The van der Waals surface area contributed by atoms with Crippen LogP contribution in [-0.4, -0.2) is 115 Å². The van der Waals surface area contributed by atoms with Crippen LogP contribution in [0.5, 0.6) is 11.6 Å². The number of carbonyl (C=O) groups excluding carboxylic acids is 4. The zero-order chi connectivity index (χ0) is 39.9. The number of pyridine rings is 1. The summed E-state index contributed by atoms with van der Waals surface area (Å²) in [6.07, 6.45) is 11.4. The first-order valence-electron chi connectivity index (χ1n) is 20.3. The second kappa shape index (κ2) is 15.9. The Labute approximate surface area is 333 Å². The predicted molar refractivity (Wildman–Crippen MR) is 211 cm³/mol. The van der Waals surface area contributed by atoms with E-state index >= 15 is 0 Å². The summed E-state index contributed by atoms with van der Waals surface area (Å²) in [6.45, 7) is 5.29. The maximum Gasteiger partial charge on any atom is 0.318 e. The number of carbonyl (C=O) groups is 4. The lowest BCUT2D eigenvalue weighted by atomic mass is 9.96. The Kier molecular flexibility index (Phi) is 10.9. The number of fused-ring (bicyclic) bond motifs is 6. The number of ether oxygens (including phenoxy) is 3. The van der Waals surface area contributed by atoms with E-state index in [1.54, 1.807) is 12.0 Å². The molecule has 0 radical (unpaired) electrons. The summed E-state index contributed by atoms with van der Waals surface area (Å²) in [5.41, 5.74) is -0.177. The molecular formula is C41H52N6O9S. The van der Waals surface area contributed by atoms with Crippen molar-refractivity contribution in [2.24, 2.45) is 11.8 Å². The largest absolute Gasteiger partial charge is 0.497 e. The number of rotatable bonds is 8. The topological polar surface area (TPSA) is 186 Å². The zero-order valence-corrected chi connectivity index (χ0v) is 33.1. The average molecular weight is 805 g/mol. The third-order valence-electron chi connectivity index (χ3n) is 12.4. The molecule has 6 aliphatic rings. The molecule has 0 unspecified atom stereocenters. The van der Waals surface area contributed by atoms with Crippen molar-refractivity contribution < 1.29 is 41.8 Å². The number of aromatic nitrogens is 1. The van der Waals surface area contributed by atoms with Crippen LogP contribution in [0.25, 0.3) is 17.0 Å². The van der Waals surface area contributed by atoms with Crippen LogP contribution in [-0.2, 0) is 29.1 Å². The Morgan fingerprint density at radius 3 is 2.61 bits per heavy atom. The summed E-state index contributed by atoms with van der Waals surface area (Å²) in [6, 6.07) is 5.23. The van der Waals surface area contributed by atoms with Gasteiger partial charge in [0.25, 0.3) is 5.91 Å². The number of hydrogen-bond donors (Lipinski definition) is 3. The van der Waals surface area contributed by atoms with Crippen LogP contribution in [0.15, 0.2) is 43.0 Å². The summed E-state index contributed by atoms with van der Waals surface area (Å²) in [4.78, 5) is 64.9. The molecule has 16 heteroatoms. The molecular weight excluding hydrogens is 753 g/mol. The SMILES string of the molecule is C=C[C@H]1C[C@]1(NC(=O)[C@@H]1C[C@@H]2CN1C(=O)[C@H](C1CCCC1)NC(=O)N1CC[C@H](C1)OCCC/C=C/c1cc3ccc(OC)cc3nc1O2)C(=O)NS(=O)(=O)C1CC1. The van der Waals surface area contributed by atoms with Gasteiger partial charge in [-0.05, 0) is 75.5 Å². The second-order valence-electron chi connectivity index (χ2n) is 16.3. The Morgan fingerprint density at radius 1 is 1.07 bits per heavy atom. The zero-order valence-electron chi connectivity index (χ0n) is 32.3. The highest BCUT2D eigenvalue weighted by Gasteiger charge is 2.62. The molecule has 6 atom stereocenters. The molecule has 306 valence electrons. The van der Waals surface area contributed by atoms with Gasteiger partial charge in [-0.15, -0.1) is 6.58 Å². The van der Waals surface area contributed by atoms with Crippen molar-refractivity contribution in [2.45, 2.75) is 106 Å². The van der Waals surface area contributed by atoms with Gasteiger partial charge in [0.2, 0.25) is 27.7 Å². The molecule has 2 aromatic rings. The quantitative estimate of drug-likeness (QED) is 0.334. The molecule has 3 N–H and O–H groups in total. The molecule has 3 aliphatic carbocycles. The maximum absolute atomic E-state index is 14.9. The van der Waals surface area contributed by atoms with Gasteiger partial charge in [-0.1, -0.05) is 31.1 Å². The van der Waals surface area contributed by atoms with Crippen LogP contribution in [0.4, 0.5) is 4.79 Å². The molecule has 1 aromatic heterocycles. The highest BCUT2D eigenvalue weighted by Crippen LogP contribution is 2.46. The molecule has 15 nitrogen and oxygen atoms in total. The Balaban J connectivity index is 1.14. The van der Waals surface area contributed by atoms with Gasteiger partial charge in [-0.25, -0.2) is 18.2 Å². The van der Waals surface area contributed by atoms with Gasteiger partial charge in [-0.3, -0.25) is 19.1 Å². The fraction of sp³-hybridized carbons (Fsp3) is 0.585. The molecule has 5 fully saturated rings. The van der Waals surface area contributed by atoms with Crippen molar-refractivity contribution in [3.63, 3.8) is 0 Å². The van der Waals surface area contributed by atoms with E-state index in [-0.39, 0.29) is 37.4 Å². The third-order valence-corrected chi connectivity index (χ3v) is 14.2. The Bertz CT molecular complexity index is 2070. The van der Waals surface area contributed by atoms with E-state index in [0.29, 0.717) is 56.1 Å². The Hall–Kier alpha value is -4.70. The molecule has 3 aliphatic heterocycles. The lowest BCUT2D eigenvalue weighted by Crippen LogP contribution is -2.59. The number of methoxy groups -OCH3 is 1. The van der Waals surface area contributed by atoms with Crippen LogP contribution >= 0.6 is 0 Å². The van der Waals surface area contributed by atoms with Crippen molar-refractivity contribution in [1.82, 2.24) is 30.1 Å². The number of urea groups is 1. The number of benzene rings is 1. The van der Waals surface area contributed by atoms with Crippen LogP contribution in [0.3, 0.4) is 0 Å². The van der Waals surface area contributed by atoms with E-state index in [2.05, 4.69) is 21.9 Å². The highest BCUT2D eigenvalue weighted by molar-refractivity contribution is 7.91. The van der Waals surface area contributed by atoms with Crippen molar-refractivity contribution in [2.75, 3.05) is 33.4 Å². The minimum Gasteiger partial charge on any atom is -0.497 e. The number of sulfonamides is 1. The van der Waals surface area contributed by atoms with Crippen molar-refractivity contribution in [3.8, 4) is 11.6 Å². The first kappa shape index (κ1) is 39.1. The molecule has 4 bridgehead atoms. The van der Waals surface area contributed by atoms with Crippen LogP contribution in [0, 0.1) is 11.8 Å². The lowest BCUT2D eigenvalue weighted by molar-refractivity contribution is -0.142. The molecule has 57 heavy (non-hydrogen) atoms. The Morgan fingerprint density at radius 2 is 1.88 bits per heavy atom. The van der Waals surface area contributed by atoms with E-state index < -0.39 is 62.6 Å². The number of allylic oxidation sites excluding steroid dienone is 1. The van der Waals surface area contributed by atoms with Crippen molar-refractivity contribution in [1.29, 1.82) is 0 Å². The van der Waals surface area contributed by atoms with E-state index in [9.17, 15) is 27.6 Å². The van der Waals surface area contributed by atoms with E-state index in [0.717, 1.165) is 49.5 Å². The van der Waals surface area contributed by atoms with Gasteiger partial charge in [0.15, 0.2) is 0 Å². The van der Waals surface area contributed by atoms with Gasteiger partial charge >= 0.3 is 6.03 Å². The number of hydrogen-bond acceptors (Lipinski definition) is 10. The second-order valence-corrected chi connectivity index (χ2v) is 18.3. The number of nitrogens with one attached hydrogen (secondary N) is 3. The smallest absolute Gasteiger partial charge is 0.318 e.